The van der Waals surface area contributed by atoms with Crippen molar-refractivity contribution in [2.75, 3.05) is 0 Å². The standard InChI is InChI=1S/C15H10N4/c1-9-5-4-8-12-13(9)14-15(19-18-12)17-11-7-3-2-6-10(11)16-14/h2-8H,1H3. The van der Waals surface area contributed by atoms with Gasteiger partial charge in [-0.3, -0.25) is 0 Å². The molecule has 2 aromatic carbocycles. The summed E-state index contributed by atoms with van der Waals surface area (Å²) in [6, 6.07) is 13.8. The maximum atomic E-state index is 4.70. The van der Waals surface area contributed by atoms with Crippen molar-refractivity contribution in [3.8, 4) is 0 Å². The highest BCUT2D eigenvalue weighted by Gasteiger charge is 2.09. The Balaban J connectivity index is 2.29. The van der Waals surface area contributed by atoms with Crippen LogP contribution in [0, 0.1) is 6.92 Å². The average molecular weight is 246 g/mol. The van der Waals surface area contributed by atoms with Gasteiger partial charge in [-0.15, -0.1) is 10.2 Å². The fraction of sp³-hybridized carbons (Fsp3) is 0.0667. The molecule has 0 saturated carbocycles. The third-order valence-electron chi connectivity index (χ3n) is 3.29. The molecule has 0 saturated heterocycles. The minimum atomic E-state index is 0.598. The van der Waals surface area contributed by atoms with Crippen molar-refractivity contribution in [2.24, 2.45) is 0 Å². The van der Waals surface area contributed by atoms with Crippen molar-refractivity contribution >= 4 is 33.1 Å². The Morgan fingerprint density at radius 1 is 0.737 bits per heavy atom. The van der Waals surface area contributed by atoms with Gasteiger partial charge in [0.15, 0.2) is 0 Å². The lowest BCUT2D eigenvalue weighted by molar-refractivity contribution is 1.09. The fourth-order valence-electron chi connectivity index (χ4n) is 2.37. The van der Waals surface area contributed by atoms with Crippen molar-refractivity contribution < 1.29 is 0 Å². The monoisotopic (exact) mass is 246 g/mol. The first kappa shape index (κ1) is 10.3. The molecule has 0 aliphatic carbocycles. The lowest BCUT2D eigenvalue weighted by Crippen LogP contribution is -1.95. The molecule has 2 aromatic heterocycles. The third-order valence-corrected chi connectivity index (χ3v) is 3.29. The SMILES string of the molecule is Cc1cccc2nnc3nc4ccccc4nc3c12. The summed E-state index contributed by atoms with van der Waals surface area (Å²) in [4.78, 5) is 9.23. The Morgan fingerprint density at radius 3 is 2.32 bits per heavy atom. The van der Waals surface area contributed by atoms with Crippen LogP contribution >= 0.6 is 0 Å². The van der Waals surface area contributed by atoms with Crippen LogP contribution in [0.4, 0.5) is 0 Å². The fourth-order valence-corrected chi connectivity index (χ4v) is 2.37. The van der Waals surface area contributed by atoms with Crippen LogP contribution in [-0.2, 0) is 0 Å². The van der Waals surface area contributed by atoms with Gasteiger partial charge in [0.05, 0.1) is 16.6 Å². The molecule has 4 nitrogen and oxygen atoms in total. The zero-order valence-corrected chi connectivity index (χ0v) is 10.3. The first-order chi connectivity index (χ1) is 9.33. The third kappa shape index (κ3) is 1.46. The van der Waals surface area contributed by atoms with Crippen LogP contribution in [0.5, 0.6) is 0 Å². The number of benzene rings is 2. The van der Waals surface area contributed by atoms with Gasteiger partial charge in [-0.1, -0.05) is 24.3 Å². The molecule has 0 amide bonds. The molecule has 2 heterocycles. The van der Waals surface area contributed by atoms with Crippen molar-refractivity contribution in [1.82, 2.24) is 20.2 Å². The van der Waals surface area contributed by atoms with E-state index in [2.05, 4.69) is 28.2 Å². The number of hydrogen-bond acceptors (Lipinski definition) is 4. The number of hydrogen-bond donors (Lipinski definition) is 0. The number of aromatic nitrogens is 4. The molecule has 0 atom stereocenters. The quantitative estimate of drug-likeness (QED) is 0.353. The summed E-state index contributed by atoms with van der Waals surface area (Å²) in [6.07, 6.45) is 0. The number of para-hydroxylation sites is 2. The Morgan fingerprint density at radius 2 is 1.47 bits per heavy atom. The van der Waals surface area contributed by atoms with E-state index in [1.165, 1.54) is 0 Å². The maximum Gasteiger partial charge on any atom is 0.201 e. The molecule has 0 aliphatic rings. The van der Waals surface area contributed by atoms with Crippen molar-refractivity contribution in [3.63, 3.8) is 0 Å². The number of nitrogens with zero attached hydrogens (tertiary/aromatic N) is 4. The largest absolute Gasteiger partial charge is 0.242 e. The molecule has 90 valence electrons. The molecular formula is C15H10N4. The second-order valence-electron chi connectivity index (χ2n) is 4.55. The Hall–Kier alpha value is -2.62. The Kier molecular flexibility index (Phi) is 2.00. The summed E-state index contributed by atoms with van der Waals surface area (Å²) in [6.45, 7) is 2.06. The Labute approximate surface area is 109 Å². The molecule has 0 unspecified atom stereocenters. The van der Waals surface area contributed by atoms with E-state index in [1.807, 2.05) is 36.4 Å². The molecule has 0 fully saturated rings. The topological polar surface area (TPSA) is 51.6 Å². The van der Waals surface area contributed by atoms with Gasteiger partial charge in [0.2, 0.25) is 5.65 Å². The second kappa shape index (κ2) is 3.68. The summed E-state index contributed by atoms with van der Waals surface area (Å²) >= 11 is 0. The smallest absolute Gasteiger partial charge is 0.201 e. The van der Waals surface area contributed by atoms with Crippen LogP contribution in [0.3, 0.4) is 0 Å². The van der Waals surface area contributed by atoms with Crippen LogP contribution in [0.25, 0.3) is 33.1 Å². The van der Waals surface area contributed by atoms with E-state index in [0.717, 1.165) is 33.0 Å². The molecule has 4 aromatic rings. The lowest BCUT2D eigenvalue weighted by atomic mass is 10.1. The number of aryl methyl sites for hydroxylation is 1. The van der Waals surface area contributed by atoms with Crippen molar-refractivity contribution in [1.29, 1.82) is 0 Å². The van der Waals surface area contributed by atoms with E-state index >= 15 is 0 Å². The van der Waals surface area contributed by atoms with Crippen LogP contribution in [0.1, 0.15) is 5.56 Å². The van der Waals surface area contributed by atoms with Gasteiger partial charge in [-0.25, -0.2) is 9.97 Å². The van der Waals surface area contributed by atoms with Crippen molar-refractivity contribution in [3.05, 3.63) is 48.0 Å². The first-order valence-corrected chi connectivity index (χ1v) is 6.11. The molecule has 19 heavy (non-hydrogen) atoms. The highest BCUT2D eigenvalue weighted by atomic mass is 15.1. The lowest BCUT2D eigenvalue weighted by Gasteiger charge is -2.05. The summed E-state index contributed by atoms with van der Waals surface area (Å²) in [5, 5.41) is 9.43. The summed E-state index contributed by atoms with van der Waals surface area (Å²) in [5.74, 6) is 0. The molecule has 0 bridgehead atoms. The first-order valence-electron chi connectivity index (χ1n) is 6.11. The minimum Gasteiger partial charge on any atom is -0.242 e. The Bertz CT molecular complexity index is 931. The molecule has 0 spiro atoms. The number of rotatable bonds is 0. The summed E-state index contributed by atoms with van der Waals surface area (Å²) in [7, 11) is 0. The van der Waals surface area contributed by atoms with Gasteiger partial charge in [-0.05, 0) is 30.7 Å². The summed E-state index contributed by atoms with van der Waals surface area (Å²) in [5.41, 5.74) is 5.14. The van der Waals surface area contributed by atoms with Gasteiger partial charge in [0.1, 0.15) is 5.52 Å². The predicted molar refractivity (Wildman–Crippen MR) is 74.9 cm³/mol. The van der Waals surface area contributed by atoms with E-state index < -0.39 is 0 Å². The molecule has 4 heteroatoms. The van der Waals surface area contributed by atoms with E-state index in [0.29, 0.717) is 5.65 Å². The van der Waals surface area contributed by atoms with Gasteiger partial charge in [0, 0.05) is 5.39 Å². The highest BCUT2D eigenvalue weighted by molar-refractivity contribution is 6.03. The number of fused-ring (bicyclic) bond motifs is 4. The summed E-state index contributed by atoms with van der Waals surface area (Å²) < 4.78 is 0. The molecule has 0 aliphatic heterocycles. The maximum absolute atomic E-state index is 4.70. The van der Waals surface area contributed by atoms with Crippen LogP contribution in [0.2, 0.25) is 0 Å². The van der Waals surface area contributed by atoms with Crippen LogP contribution < -0.4 is 0 Å². The van der Waals surface area contributed by atoms with Crippen LogP contribution in [0.15, 0.2) is 42.5 Å². The van der Waals surface area contributed by atoms with Gasteiger partial charge >= 0.3 is 0 Å². The molecule has 4 rings (SSSR count). The van der Waals surface area contributed by atoms with Gasteiger partial charge < -0.3 is 0 Å². The van der Waals surface area contributed by atoms with Crippen molar-refractivity contribution in [2.45, 2.75) is 6.92 Å². The van der Waals surface area contributed by atoms with Crippen LogP contribution in [-0.4, -0.2) is 20.2 Å². The van der Waals surface area contributed by atoms with E-state index in [4.69, 9.17) is 4.98 Å². The highest BCUT2D eigenvalue weighted by Crippen LogP contribution is 2.24. The average Bonchev–Trinajstić information content (AvgIpc) is 2.45. The predicted octanol–water partition coefficient (Wildman–Crippen LogP) is 3.03. The van der Waals surface area contributed by atoms with E-state index in [-0.39, 0.29) is 0 Å². The van der Waals surface area contributed by atoms with E-state index in [9.17, 15) is 0 Å². The second-order valence-corrected chi connectivity index (χ2v) is 4.55. The van der Waals surface area contributed by atoms with Gasteiger partial charge in [-0.2, -0.15) is 0 Å². The molecule has 0 N–H and O–H groups in total. The minimum absolute atomic E-state index is 0.598. The molecular weight excluding hydrogens is 236 g/mol. The zero-order valence-electron chi connectivity index (χ0n) is 10.3. The molecule has 0 radical (unpaired) electrons. The zero-order chi connectivity index (χ0) is 12.8. The normalized spacial score (nSPS) is 11.4. The van der Waals surface area contributed by atoms with E-state index in [1.54, 1.807) is 0 Å². The van der Waals surface area contributed by atoms with Gasteiger partial charge in [0.25, 0.3) is 0 Å².